The Balaban J connectivity index is 2.64. The molecule has 1 heterocycles. The average Bonchev–Trinajstić information content (AvgIpc) is 2.34. The zero-order chi connectivity index (χ0) is 9.14. The molecule has 0 bridgehead atoms. The Morgan fingerprint density at radius 1 is 1.25 bits per heavy atom. The highest BCUT2D eigenvalue weighted by Crippen LogP contribution is 2.02. The van der Waals surface area contributed by atoms with E-state index in [4.69, 9.17) is 0 Å². The molecule has 1 aromatic rings. The third-order valence-corrected chi connectivity index (χ3v) is 1.39. The Labute approximate surface area is 72.4 Å². The normalized spacial score (nSPS) is 10.8. The van der Waals surface area contributed by atoms with E-state index in [1.807, 2.05) is 38.0 Å². The lowest BCUT2D eigenvalue weighted by Crippen LogP contribution is -2.13. The van der Waals surface area contributed by atoms with Crippen molar-refractivity contribution >= 4 is 5.95 Å². The number of hydrogen-bond donors (Lipinski definition) is 1. The molecule has 0 aliphatic carbocycles. The molecule has 0 aromatic carbocycles. The first-order chi connectivity index (χ1) is 5.59. The second-order valence-electron chi connectivity index (χ2n) is 3.21. The van der Waals surface area contributed by atoms with E-state index in [2.05, 4.69) is 15.2 Å². The van der Waals surface area contributed by atoms with Gasteiger partial charge >= 0.3 is 0 Å². The molecule has 0 unspecified atom stereocenters. The number of aromatic amines is 1. The van der Waals surface area contributed by atoms with Crippen LogP contribution in [0.2, 0.25) is 0 Å². The van der Waals surface area contributed by atoms with Crippen LogP contribution in [0.25, 0.3) is 0 Å². The fourth-order valence-corrected chi connectivity index (χ4v) is 0.855. The number of aromatic nitrogens is 3. The van der Waals surface area contributed by atoms with E-state index in [1.54, 1.807) is 0 Å². The van der Waals surface area contributed by atoms with Gasteiger partial charge in [0, 0.05) is 14.1 Å². The van der Waals surface area contributed by atoms with Crippen LogP contribution in [-0.2, 0) is 6.54 Å². The van der Waals surface area contributed by atoms with E-state index in [9.17, 15) is 0 Å². The van der Waals surface area contributed by atoms with Gasteiger partial charge in [0.05, 0.1) is 6.54 Å². The standard InChI is InChI=1S/C7H15N5/c1-11(2)5-6-8-7(10-9-6)12(3)4/h5H2,1-4H3,(H,8,9,10). The molecule has 0 amide bonds. The number of H-pyrrole nitrogens is 1. The SMILES string of the molecule is CN(C)Cc1nc(N(C)C)n[nH]1. The van der Waals surface area contributed by atoms with E-state index < -0.39 is 0 Å². The van der Waals surface area contributed by atoms with Gasteiger partial charge in [-0.25, -0.2) is 0 Å². The fraction of sp³-hybridized carbons (Fsp3) is 0.714. The highest BCUT2D eigenvalue weighted by molar-refractivity contribution is 5.24. The summed E-state index contributed by atoms with van der Waals surface area (Å²) in [5.41, 5.74) is 0. The number of hydrogen-bond acceptors (Lipinski definition) is 4. The van der Waals surface area contributed by atoms with Gasteiger partial charge in [-0.05, 0) is 14.1 Å². The van der Waals surface area contributed by atoms with Gasteiger partial charge in [-0.2, -0.15) is 4.98 Å². The molecule has 68 valence electrons. The minimum Gasteiger partial charge on any atom is -0.346 e. The minimum atomic E-state index is 0.729. The first kappa shape index (κ1) is 8.99. The van der Waals surface area contributed by atoms with Gasteiger partial charge in [0.2, 0.25) is 5.95 Å². The fourth-order valence-electron chi connectivity index (χ4n) is 0.855. The molecule has 1 rings (SSSR count). The average molecular weight is 169 g/mol. The molecular weight excluding hydrogens is 154 g/mol. The van der Waals surface area contributed by atoms with Gasteiger partial charge in [-0.1, -0.05) is 0 Å². The number of rotatable bonds is 3. The van der Waals surface area contributed by atoms with Crippen LogP contribution < -0.4 is 4.90 Å². The molecule has 0 radical (unpaired) electrons. The molecule has 0 atom stereocenters. The number of nitrogens with zero attached hydrogens (tertiary/aromatic N) is 4. The van der Waals surface area contributed by atoms with Crippen molar-refractivity contribution in [3.05, 3.63) is 5.82 Å². The molecule has 5 nitrogen and oxygen atoms in total. The zero-order valence-corrected chi connectivity index (χ0v) is 8.00. The maximum atomic E-state index is 4.27. The molecule has 1 aromatic heterocycles. The van der Waals surface area contributed by atoms with Crippen molar-refractivity contribution in [2.75, 3.05) is 33.1 Å². The van der Waals surface area contributed by atoms with Crippen molar-refractivity contribution in [2.24, 2.45) is 0 Å². The maximum absolute atomic E-state index is 4.27. The first-order valence-corrected chi connectivity index (χ1v) is 3.83. The van der Waals surface area contributed by atoms with Gasteiger partial charge in [-0.3, -0.25) is 5.10 Å². The predicted molar refractivity (Wildman–Crippen MR) is 48.1 cm³/mol. The van der Waals surface area contributed by atoms with E-state index >= 15 is 0 Å². The molecule has 5 heteroatoms. The second kappa shape index (κ2) is 3.53. The van der Waals surface area contributed by atoms with E-state index in [1.165, 1.54) is 0 Å². The molecule has 12 heavy (non-hydrogen) atoms. The van der Waals surface area contributed by atoms with Crippen molar-refractivity contribution in [1.82, 2.24) is 20.1 Å². The monoisotopic (exact) mass is 169 g/mol. The van der Waals surface area contributed by atoms with Crippen LogP contribution in [0.3, 0.4) is 0 Å². The van der Waals surface area contributed by atoms with Crippen molar-refractivity contribution < 1.29 is 0 Å². The Kier molecular flexibility index (Phi) is 2.65. The highest BCUT2D eigenvalue weighted by Gasteiger charge is 2.04. The van der Waals surface area contributed by atoms with Crippen molar-refractivity contribution in [2.45, 2.75) is 6.54 Å². The van der Waals surface area contributed by atoms with Gasteiger partial charge in [0.25, 0.3) is 0 Å². The summed E-state index contributed by atoms with van der Waals surface area (Å²) in [4.78, 5) is 8.18. The lowest BCUT2D eigenvalue weighted by atomic mass is 10.6. The van der Waals surface area contributed by atoms with Gasteiger partial charge in [0.1, 0.15) is 5.82 Å². The summed E-state index contributed by atoms with van der Waals surface area (Å²) in [7, 11) is 7.83. The minimum absolute atomic E-state index is 0.729. The Hall–Kier alpha value is -1.10. The first-order valence-electron chi connectivity index (χ1n) is 3.83. The summed E-state index contributed by atoms with van der Waals surface area (Å²) < 4.78 is 0. The summed E-state index contributed by atoms with van der Waals surface area (Å²) in [6, 6.07) is 0. The highest BCUT2D eigenvalue weighted by atomic mass is 15.3. The van der Waals surface area contributed by atoms with Crippen LogP contribution in [0.15, 0.2) is 0 Å². The van der Waals surface area contributed by atoms with Crippen molar-refractivity contribution in [3.63, 3.8) is 0 Å². The van der Waals surface area contributed by atoms with Crippen LogP contribution in [0.1, 0.15) is 5.82 Å². The van der Waals surface area contributed by atoms with Crippen LogP contribution in [-0.4, -0.2) is 48.3 Å². The van der Waals surface area contributed by atoms with Crippen LogP contribution in [0.4, 0.5) is 5.95 Å². The summed E-state index contributed by atoms with van der Waals surface area (Å²) in [5, 5.41) is 6.91. The lowest BCUT2D eigenvalue weighted by Gasteiger charge is -2.05. The van der Waals surface area contributed by atoms with Crippen LogP contribution in [0, 0.1) is 0 Å². The molecule has 0 saturated carbocycles. The van der Waals surface area contributed by atoms with Gasteiger partial charge in [0.15, 0.2) is 0 Å². The molecule has 1 N–H and O–H groups in total. The van der Waals surface area contributed by atoms with Crippen molar-refractivity contribution in [1.29, 1.82) is 0 Å². The Bertz CT molecular complexity index is 240. The molecule has 0 fully saturated rings. The second-order valence-corrected chi connectivity index (χ2v) is 3.21. The summed E-state index contributed by atoms with van der Waals surface area (Å²) in [6.07, 6.45) is 0. The van der Waals surface area contributed by atoms with Crippen LogP contribution >= 0.6 is 0 Å². The predicted octanol–water partition coefficient (Wildman–Crippen LogP) is -0.0677. The Morgan fingerprint density at radius 2 is 1.92 bits per heavy atom. The van der Waals surface area contributed by atoms with Crippen molar-refractivity contribution in [3.8, 4) is 0 Å². The summed E-state index contributed by atoms with van der Waals surface area (Å²) in [6.45, 7) is 0.792. The molecular formula is C7H15N5. The number of nitrogens with one attached hydrogen (secondary N) is 1. The molecule has 0 spiro atoms. The molecule has 0 aliphatic heterocycles. The third kappa shape index (κ3) is 2.20. The smallest absolute Gasteiger partial charge is 0.244 e. The third-order valence-electron chi connectivity index (χ3n) is 1.39. The molecule has 0 aliphatic rings. The van der Waals surface area contributed by atoms with Gasteiger partial charge < -0.3 is 9.80 Å². The topological polar surface area (TPSA) is 48.1 Å². The largest absolute Gasteiger partial charge is 0.346 e. The summed E-state index contributed by atoms with van der Waals surface area (Å²) >= 11 is 0. The summed E-state index contributed by atoms with van der Waals surface area (Å²) in [5.74, 6) is 1.62. The van der Waals surface area contributed by atoms with E-state index in [-0.39, 0.29) is 0 Å². The van der Waals surface area contributed by atoms with E-state index in [0.29, 0.717) is 0 Å². The number of anilines is 1. The quantitative estimate of drug-likeness (QED) is 0.688. The van der Waals surface area contributed by atoms with Gasteiger partial charge in [-0.15, -0.1) is 5.10 Å². The van der Waals surface area contributed by atoms with Crippen LogP contribution in [0.5, 0.6) is 0 Å². The molecule has 0 saturated heterocycles. The maximum Gasteiger partial charge on any atom is 0.244 e. The van der Waals surface area contributed by atoms with E-state index in [0.717, 1.165) is 18.3 Å². The Morgan fingerprint density at radius 3 is 2.33 bits per heavy atom. The zero-order valence-electron chi connectivity index (χ0n) is 8.00. The lowest BCUT2D eigenvalue weighted by molar-refractivity contribution is 0.391.